The first-order chi connectivity index (χ1) is 52.4. The highest BCUT2D eigenvalue weighted by molar-refractivity contribution is 7.47. The Morgan fingerprint density at radius 1 is 0.269 bits per heavy atom. The predicted molar refractivity (Wildman–Crippen MR) is 446 cm³/mol. The fourth-order valence-electron chi connectivity index (χ4n) is 13.9. The summed E-state index contributed by atoms with van der Waals surface area (Å²) in [6.07, 6.45) is 73.5. The van der Waals surface area contributed by atoms with Crippen LogP contribution >= 0.6 is 15.6 Å². The second-order valence-electron chi connectivity index (χ2n) is 32.7. The summed E-state index contributed by atoms with van der Waals surface area (Å²) in [5, 5.41) is 10.7. The molecule has 0 heterocycles. The molecular formula is C89H174O17P2. The monoisotopic (exact) mass is 1580 g/mol. The maximum Gasteiger partial charge on any atom is 0.472 e. The normalized spacial score (nSPS) is 14.0. The lowest BCUT2D eigenvalue weighted by molar-refractivity contribution is -0.161. The molecule has 6 atom stereocenters. The minimum Gasteiger partial charge on any atom is -0.462 e. The summed E-state index contributed by atoms with van der Waals surface area (Å²) in [5.41, 5.74) is 0. The van der Waals surface area contributed by atoms with Crippen molar-refractivity contribution in [1.29, 1.82) is 0 Å². The van der Waals surface area contributed by atoms with E-state index in [1.54, 1.807) is 0 Å². The predicted octanol–water partition coefficient (Wildman–Crippen LogP) is 27.4. The number of esters is 4. The van der Waals surface area contributed by atoms with Gasteiger partial charge >= 0.3 is 39.5 Å². The minimum atomic E-state index is -4.97. The summed E-state index contributed by atoms with van der Waals surface area (Å²) in [7, 11) is -9.93. The molecule has 0 spiro atoms. The molecule has 3 unspecified atom stereocenters. The van der Waals surface area contributed by atoms with E-state index >= 15 is 0 Å². The lowest BCUT2D eigenvalue weighted by Gasteiger charge is -2.21. The average molecular weight is 1580 g/mol. The second-order valence-corrected chi connectivity index (χ2v) is 35.6. The molecule has 0 aromatic heterocycles. The maximum absolute atomic E-state index is 13.2. The van der Waals surface area contributed by atoms with Gasteiger partial charge in [0.1, 0.15) is 19.3 Å². The summed E-state index contributed by atoms with van der Waals surface area (Å²) in [4.78, 5) is 73.3. The number of phosphoric ester groups is 2. The summed E-state index contributed by atoms with van der Waals surface area (Å²) in [5.74, 6) is -0.426. The van der Waals surface area contributed by atoms with E-state index < -0.39 is 97.5 Å². The molecule has 0 amide bonds. The van der Waals surface area contributed by atoms with Gasteiger partial charge in [-0.3, -0.25) is 37.3 Å². The minimum absolute atomic E-state index is 0.109. The Morgan fingerprint density at radius 2 is 0.472 bits per heavy atom. The lowest BCUT2D eigenvalue weighted by Crippen LogP contribution is -2.30. The lowest BCUT2D eigenvalue weighted by atomic mass is 9.99. The number of carbonyl (C=O) groups is 4. The fraction of sp³-hybridized carbons (Fsp3) is 0.955. The molecule has 0 aromatic rings. The molecule has 0 rings (SSSR count). The molecule has 108 heavy (non-hydrogen) atoms. The van der Waals surface area contributed by atoms with Gasteiger partial charge < -0.3 is 33.8 Å². The maximum atomic E-state index is 13.2. The van der Waals surface area contributed by atoms with Crippen molar-refractivity contribution in [3.8, 4) is 0 Å². The van der Waals surface area contributed by atoms with E-state index in [0.29, 0.717) is 25.7 Å². The first kappa shape index (κ1) is 106. The quantitative estimate of drug-likeness (QED) is 0.0222. The molecule has 0 saturated carbocycles. The molecule has 17 nitrogen and oxygen atoms in total. The summed E-state index contributed by atoms with van der Waals surface area (Å²) in [6.45, 7) is 9.78. The SMILES string of the molecule is CCCCCCCCCCCCCCCCCCCCC(=O)O[C@H](COC(=O)CCCCCCCCCCCCC)COP(=O)(O)OC[C@H](O)COP(=O)(O)OC[C@@H](COC(=O)CCCCCCCCCCCCCCCCC(C)CC)OC(=O)CCCCCCCCCCCCCCCCCCCCC(C)C. The highest BCUT2D eigenvalue weighted by atomic mass is 31.2. The molecular weight excluding hydrogens is 1400 g/mol. The van der Waals surface area contributed by atoms with Gasteiger partial charge in [-0.15, -0.1) is 0 Å². The van der Waals surface area contributed by atoms with Crippen molar-refractivity contribution >= 4 is 39.5 Å². The number of aliphatic hydroxyl groups is 1. The standard InChI is InChI=1S/C89H174O17P2/c1-7-10-12-14-16-18-20-21-22-23-27-30-37-43-49-55-61-67-73-88(93)105-84(77-99-86(91)71-65-59-53-47-39-19-17-15-13-11-8-2)79-103-107(95,96)101-75-83(90)76-102-108(97,98)104-80-85(78-100-87(92)72-66-60-54-48-42-36-33-32-35-41-46-52-58-64-70-82(6)9-3)106-89(94)74-68-62-56-50-44-38-31-28-25-24-26-29-34-40-45-51-57-63-69-81(4)5/h81-85,90H,7-80H2,1-6H3,(H,95,96)(H,97,98)/t82?,83-,84+,85+/m0/s1. The topological polar surface area (TPSA) is 237 Å². The van der Waals surface area contributed by atoms with E-state index in [0.717, 1.165) is 102 Å². The molecule has 0 fully saturated rings. The Hall–Kier alpha value is -1.94. The Labute approximate surface area is 664 Å². The number of hydrogen-bond donors (Lipinski definition) is 3. The third-order valence-electron chi connectivity index (χ3n) is 21.3. The van der Waals surface area contributed by atoms with Crippen LogP contribution in [0.4, 0.5) is 0 Å². The number of carbonyl (C=O) groups excluding carboxylic acids is 4. The summed E-state index contributed by atoms with van der Waals surface area (Å²) >= 11 is 0. The number of rotatable bonds is 88. The molecule has 0 saturated heterocycles. The van der Waals surface area contributed by atoms with E-state index in [4.69, 9.17) is 37.0 Å². The zero-order valence-electron chi connectivity index (χ0n) is 71.2. The van der Waals surface area contributed by atoms with Gasteiger partial charge in [-0.1, -0.05) is 427 Å². The first-order valence-corrected chi connectivity index (χ1v) is 49.0. The van der Waals surface area contributed by atoms with Crippen molar-refractivity contribution in [3.05, 3.63) is 0 Å². The van der Waals surface area contributed by atoms with Gasteiger partial charge in [-0.25, -0.2) is 9.13 Å². The molecule has 0 aliphatic rings. The Morgan fingerprint density at radius 3 is 0.704 bits per heavy atom. The van der Waals surface area contributed by atoms with E-state index in [1.807, 2.05) is 0 Å². The highest BCUT2D eigenvalue weighted by Gasteiger charge is 2.31. The van der Waals surface area contributed by atoms with Crippen LogP contribution in [0.25, 0.3) is 0 Å². The average Bonchev–Trinajstić information content (AvgIpc) is 0.900. The van der Waals surface area contributed by atoms with Gasteiger partial charge in [-0.2, -0.15) is 0 Å². The van der Waals surface area contributed by atoms with Gasteiger partial charge in [-0.05, 0) is 37.5 Å². The highest BCUT2D eigenvalue weighted by Crippen LogP contribution is 2.45. The van der Waals surface area contributed by atoms with Crippen LogP contribution in [0.2, 0.25) is 0 Å². The Kier molecular flexibility index (Phi) is 78.8. The zero-order valence-corrected chi connectivity index (χ0v) is 73.0. The van der Waals surface area contributed by atoms with Gasteiger partial charge in [0.05, 0.1) is 26.4 Å². The van der Waals surface area contributed by atoms with E-state index in [1.165, 1.54) is 295 Å². The van der Waals surface area contributed by atoms with Crippen LogP contribution in [-0.2, 0) is 65.4 Å². The zero-order chi connectivity index (χ0) is 79.2. The van der Waals surface area contributed by atoms with Gasteiger partial charge in [0.2, 0.25) is 0 Å². The van der Waals surface area contributed by atoms with Crippen LogP contribution in [-0.4, -0.2) is 96.7 Å². The largest absolute Gasteiger partial charge is 0.472 e. The van der Waals surface area contributed by atoms with Crippen LogP contribution in [0.15, 0.2) is 0 Å². The second kappa shape index (κ2) is 80.3. The van der Waals surface area contributed by atoms with Crippen molar-refractivity contribution in [2.24, 2.45) is 11.8 Å². The molecule has 0 aliphatic heterocycles. The Bertz CT molecular complexity index is 2070. The number of ether oxygens (including phenoxy) is 4. The van der Waals surface area contributed by atoms with E-state index in [9.17, 15) is 43.2 Å². The first-order valence-electron chi connectivity index (χ1n) is 46.0. The smallest absolute Gasteiger partial charge is 0.462 e. The third-order valence-corrected chi connectivity index (χ3v) is 23.2. The fourth-order valence-corrected chi connectivity index (χ4v) is 15.5. The van der Waals surface area contributed by atoms with Crippen molar-refractivity contribution in [2.75, 3.05) is 39.6 Å². The number of phosphoric acid groups is 2. The molecule has 0 bridgehead atoms. The van der Waals surface area contributed by atoms with Crippen molar-refractivity contribution in [2.45, 2.75) is 496 Å². The third kappa shape index (κ3) is 80.7. The van der Waals surface area contributed by atoms with Crippen LogP contribution in [0.1, 0.15) is 478 Å². The van der Waals surface area contributed by atoms with Crippen molar-refractivity contribution < 1.29 is 80.2 Å². The van der Waals surface area contributed by atoms with Crippen LogP contribution < -0.4 is 0 Å². The molecule has 0 radical (unpaired) electrons. The van der Waals surface area contributed by atoms with Crippen molar-refractivity contribution in [1.82, 2.24) is 0 Å². The number of aliphatic hydroxyl groups excluding tert-OH is 1. The molecule has 0 aromatic carbocycles. The van der Waals surface area contributed by atoms with Gasteiger partial charge in [0.15, 0.2) is 12.2 Å². The van der Waals surface area contributed by atoms with Gasteiger partial charge in [0.25, 0.3) is 0 Å². The number of hydrogen-bond acceptors (Lipinski definition) is 15. The van der Waals surface area contributed by atoms with Crippen LogP contribution in [0, 0.1) is 11.8 Å². The molecule has 642 valence electrons. The van der Waals surface area contributed by atoms with Crippen LogP contribution in [0.3, 0.4) is 0 Å². The number of unbranched alkanes of at least 4 members (excludes halogenated alkanes) is 57. The summed E-state index contributed by atoms with van der Waals surface area (Å²) in [6, 6.07) is 0. The summed E-state index contributed by atoms with van der Waals surface area (Å²) < 4.78 is 69.0. The van der Waals surface area contributed by atoms with E-state index in [2.05, 4.69) is 41.5 Å². The van der Waals surface area contributed by atoms with Crippen molar-refractivity contribution in [3.63, 3.8) is 0 Å². The van der Waals surface area contributed by atoms with Gasteiger partial charge in [0, 0.05) is 25.7 Å². The van der Waals surface area contributed by atoms with E-state index in [-0.39, 0.29) is 25.7 Å². The Balaban J connectivity index is 5.24. The molecule has 19 heteroatoms. The molecule has 3 N–H and O–H groups in total. The van der Waals surface area contributed by atoms with Crippen LogP contribution in [0.5, 0.6) is 0 Å². The molecule has 0 aliphatic carbocycles.